The molecule has 1 atom stereocenters. The van der Waals surface area contributed by atoms with Crippen LogP contribution in [-0.4, -0.2) is 31.1 Å². The van der Waals surface area contributed by atoms with Crippen molar-refractivity contribution in [3.63, 3.8) is 0 Å². The smallest absolute Gasteiger partial charge is 0.339 e. The quantitative estimate of drug-likeness (QED) is 0.434. The molecule has 5 nitrogen and oxygen atoms in total. The Kier molecular flexibility index (Phi) is 7.06. The second kappa shape index (κ2) is 9.92. The summed E-state index contributed by atoms with van der Waals surface area (Å²) in [5, 5.41) is 2.98. The van der Waals surface area contributed by atoms with E-state index in [0.29, 0.717) is 16.9 Å². The van der Waals surface area contributed by atoms with Gasteiger partial charge >= 0.3 is 5.97 Å². The van der Waals surface area contributed by atoms with Gasteiger partial charge in [0.1, 0.15) is 5.75 Å². The summed E-state index contributed by atoms with van der Waals surface area (Å²) < 4.78 is 10.9. The summed E-state index contributed by atoms with van der Waals surface area (Å²) >= 11 is 0. The van der Waals surface area contributed by atoms with Crippen LogP contribution in [0, 0.1) is 0 Å². The number of benzene rings is 2. The van der Waals surface area contributed by atoms with Crippen molar-refractivity contribution in [2.75, 3.05) is 7.11 Å². The Morgan fingerprint density at radius 1 is 1.03 bits per heavy atom. The molecule has 1 aliphatic rings. The molecule has 1 amide bonds. The average molecular weight is 393 g/mol. The van der Waals surface area contributed by atoms with Gasteiger partial charge in [0.05, 0.1) is 12.7 Å². The van der Waals surface area contributed by atoms with E-state index < -0.39 is 12.1 Å². The van der Waals surface area contributed by atoms with Crippen molar-refractivity contribution in [2.24, 2.45) is 0 Å². The summed E-state index contributed by atoms with van der Waals surface area (Å²) in [7, 11) is 1.59. The van der Waals surface area contributed by atoms with Crippen molar-refractivity contribution in [1.82, 2.24) is 5.32 Å². The van der Waals surface area contributed by atoms with Gasteiger partial charge in [-0.15, -0.1) is 0 Å². The Hall–Kier alpha value is -3.08. The van der Waals surface area contributed by atoms with E-state index in [4.69, 9.17) is 9.47 Å². The van der Waals surface area contributed by atoms with Gasteiger partial charge in [-0.2, -0.15) is 0 Å². The Labute approximate surface area is 171 Å². The lowest BCUT2D eigenvalue weighted by atomic mass is 10.0. The predicted molar refractivity (Wildman–Crippen MR) is 113 cm³/mol. The van der Waals surface area contributed by atoms with Gasteiger partial charge in [-0.05, 0) is 37.5 Å². The average Bonchev–Trinajstić information content (AvgIpc) is 3.25. The van der Waals surface area contributed by atoms with Crippen LogP contribution in [0.3, 0.4) is 0 Å². The number of hydrogen-bond acceptors (Lipinski definition) is 4. The highest BCUT2D eigenvalue weighted by Gasteiger charge is 2.25. The van der Waals surface area contributed by atoms with E-state index in [1.807, 2.05) is 54.6 Å². The summed E-state index contributed by atoms with van der Waals surface area (Å²) in [6.45, 7) is 1.61. The predicted octanol–water partition coefficient (Wildman–Crippen LogP) is 4.23. The van der Waals surface area contributed by atoms with Crippen molar-refractivity contribution in [2.45, 2.75) is 44.8 Å². The second-order valence-corrected chi connectivity index (χ2v) is 7.20. The molecule has 1 aliphatic carbocycles. The number of amides is 1. The maximum atomic E-state index is 13.0. The largest absolute Gasteiger partial charge is 0.496 e. The fourth-order valence-corrected chi connectivity index (χ4v) is 3.49. The second-order valence-electron chi connectivity index (χ2n) is 7.20. The first-order valence-corrected chi connectivity index (χ1v) is 10.00. The van der Waals surface area contributed by atoms with Gasteiger partial charge in [0.2, 0.25) is 0 Å². The lowest BCUT2D eigenvalue weighted by molar-refractivity contribution is -0.149. The molecule has 152 valence electrons. The molecule has 2 aromatic carbocycles. The van der Waals surface area contributed by atoms with E-state index in [1.54, 1.807) is 20.1 Å². The summed E-state index contributed by atoms with van der Waals surface area (Å²) in [4.78, 5) is 25.4. The van der Waals surface area contributed by atoms with E-state index in [1.165, 1.54) is 0 Å². The van der Waals surface area contributed by atoms with Crippen LogP contribution < -0.4 is 10.1 Å². The summed E-state index contributed by atoms with van der Waals surface area (Å²) in [6.07, 6.45) is 5.08. The summed E-state index contributed by atoms with van der Waals surface area (Å²) in [5.41, 5.74) is 1.84. The minimum absolute atomic E-state index is 0.182. The molecule has 0 heterocycles. The lowest BCUT2D eigenvalue weighted by Crippen LogP contribution is -2.40. The lowest BCUT2D eigenvalue weighted by Gasteiger charge is -2.18. The molecule has 0 saturated heterocycles. The molecule has 5 heteroatoms. The van der Waals surface area contributed by atoms with Crippen LogP contribution in [0.5, 0.6) is 5.75 Å². The third-order valence-electron chi connectivity index (χ3n) is 5.10. The monoisotopic (exact) mass is 393 g/mol. The van der Waals surface area contributed by atoms with Crippen LogP contribution in [-0.2, 0) is 14.3 Å². The fourth-order valence-electron chi connectivity index (χ4n) is 3.49. The van der Waals surface area contributed by atoms with E-state index in [2.05, 4.69) is 5.32 Å². The van der Waals surface area contributed by atoms with Gasteiger partial charge in [0.25, 0.3) is 5.91 Å². The third-order valence-corrected chi connectivity index (χ3v) is 5.10. The summed E-state index contributed by atoms with van der Waals surface area (Å²) in [6, 6.07) is 16.9. The van der Waals surface area contributed by atoms with Crippen LogP contribution in [0.2, 0.25) is 0 Å². The molecule has 0 spiro atoms. The molecule has 1 fully saturated rings. The van der Waals surface area contributed by atoms with Crippen LogP contribution in [0.15, 0.2) is 54.6 Å². The highest BCUT2D eigenvalue weighted by molar-refractivity contribution is 6.22. The molecule has 2 aromatic rings. The first kappa shape index (κ1) is 20.6. The van der Waals surface area contributed by atoms with Gasteiger partial charge in [-0.3, -0.25) is 4.79 Å². The van der Waals surface area contributed by atoms with Crippen LogP contribution >= 0.6 is 0 Å². The number of hydrogen-bond donors (Lipinski definition) is 1. The van der Waals surface area contributed by atoms with Crippen LogP contribution in [0.1, 0.15) is 43.7 Å². The topological polar surface area (TPSA) is 64.6 Å². The molecule has 0 aromatic heterocycles. The maximum Gasteiger partial charge on any atom is 0.339 e. The van der Waals surface area contributed by atoms with Crippen LogP contribution in [0.25, 0.3) is 11.6 Å². The number of nitrogens with one attached hydrogen (secondary N) is 1. The third kappa shape index (κ3) is 5.47. The molecule has 0 radical (unpaired) electrons. The molecule has 1 saturated carbocycles. The van der Waals surface area contributed by atoms with E-state index in [0.717, 1.165) is 31.2 Å². The Balaban J connectivity index is 1.81. The first-order chi connectivity index (χ1) is 14.1. The molecule has 0 unspecified atom stereocenters. The van der Waals surface area contributed by atoms with Crippen molar-refractivity contribution in [3.05, 3.63) is 65.7 Å². The van der Waals surface area contributed by atoms with E-state index in [9.17, 15) is 9.59 Å². The number of ether oxygens (including phenoxy) is 2. The van der Waals surface area contributed by atoms with Gasteiger partial charge < -0.3 is 14.8 Å². The van der Waals surface area contributed by atoms with Crippen molar-refractivity contribution in [3.8, 4) is 5.75 Å². The summed E-state index contributed by atoms with van der Waals surface area (Å²) in [5.74, 6) is -0.146. The molecule has 0 aliphatic heterocycles. The maximum absolute atomic E-state index is 13.0. The highest BCUT2D eigenvalue weighted by atomic mass is 16.5. The standard InChI is InChI=1S/C24H27NO4/c1-17(23(26)25-20-13-7-8-14-20)29-24(27)21(18-10-4-3-5-11-18)16-19-12-6-9-15-22(19)28-2/h3-6,9-12,15-17,20H,7-8,13-14H2,1-2H3,(H,25,26)/b21-16+/t17-/m0/s1. The van der Waals surface area contributed by atoms with Gasteiger partial charge in [-0.25, -0.2) is 4.79 Å². The zero-order chi connectivity index (χ0) is 20.6. The Morgan fingerprint density at radius 3 is 2.38 bits per heavy atom. The van der Waals surface area contributed by atoms with Gasteiger partial charge in [-0.1, -0.05) is 61.4 Å². The van der Waals surface area contributed by atoms with E-state index >= 15 is 0 Å². The van der Waals surface area contributed by atoms with Gasteiger partial charge in [0, 0.05) is 11.6 Å². The molecule has 29 heavy (non-hydrogen) atoms. The SMILES string of the molecule is COc1ccccc1/C=C(/C(=O)O[C@@H](C)C(=O)NC1CCCC1)c1ccccc1. The number of carbonyl (C=O) groups is 2. The number of methoxy groups -OCH3 is 1. The molecule has 3 rings (SSSR count). The molecular formula is C24H27NO4. The number of esters is 1. The van der Waals surface area contributed by atoms with Crippen molar-refractivity contribution >= 4 is 23.5 Å². The van der Waals surface area contributed by atoms with Crippen molar-refractivity contribution in [1.29, 1.82) is 0 Å². The van der Waals surface area contributed by atoms with Crippen LogP contribution in [0.4, 0.5) is 0 Å². The molecular weight excluding hydrogens is 366 g/mol. The minimum atomic E-state index is -0.868. The Morgan fingerprint density at radius 2 is 1.69 bits per heavy atom. The Bertz CT molecular complexity index is 869. The number of rotatable bonds is 7. The molecule has 1 N–H and O–H groups in total. The van der Waals surface area contributed by atoms with Gasteiger partial charge in [0.15, 0.2) is 6.10 Å². The van der Waals surface area contributed by atoms with E-state index in [-0.39, 0.29) is 11.9 Å². The first-order valence-electron chi connectivity index (χ1n) is 10.00. The normalized spacial score (nSPS) is 15.6. The zero-order valence-corrected chi connectivity index (χ0v) is 16.9. The number of carbonyl (C=O) groups excluding carboxylic acids is 2. The highest BCUT2D eigenvalue weighted by Crippen LogP contribution is 2.26. The fraction of sp³-hybridized carbons (Fsp3) is 0.333. The number of para-hydroxylation sites is 1. The zero-order valence-electron chi connectivity index (χ0n) is 16.9. The van der Waals surface area contributed by atoms with Crippen molar-refractivity contribution < 1.29 is 19.1 Å². The minimum Gasteiger partial charge on any atom is -0.496 e. The molecule has 0 bridgehead atoms.